The molecule has 0 aliphatic carbocycles. The third-order valence-electron chi connectivity index (χ3n) is 1.83. The van der Waals surface area contributed by atoms with Gasteiger partial charge in [-0.2, -0.15) is 0 Å². The van der Waals surface area contributed by atoms with Gasteiger partial charge in [-0.1, -0.05) is 0 Å². The molecule has 0 amide bonds. The second-order valence-corrected chi connectivity index (χ2v) is 2.90. The number of hydrogen-bond acceptors (Lipinski definition) is 3. The average Bonchev–Trinajstić information content (AvgIpc) is 2.16. The van der Waals surface area contributed by atoms with Gasteiger partial charge in [-0.3, -0.25) is 4.79 Å². The number of aryl methyl sites for hydroxylation is 1. The number of carboxylic acids is 1. The minimum absolute atomic E-state index is 0.113. The van der Waals surface area contributed by atoms with Gasteiger partial charge >= 0.3 is 5.97 Å². The highest BCUT2D eigenvalue weighted by Crippen LogP contribution is 1.96. The van der Waals surface area contributed by atoms with Crippen molar-refractivity contribution in [2.24, 2.45) is 5.73 Å². The Bertz CT molecular complexity index is 384. The molecule has 1 rings (SSSR count). The van der Waals surface area contributed by atoms with Crippen LogP contribution in [-0.4, -0.2) is 22.2 Å². The van der Waals surface area contributed by atoms with E-state index in [-0.39, 0.29) is 11.1 Å². The number of aromatic nitrogens is 1. The summed E-state index contributed by atoms with van der Waals surface area (Å²) in [6.07, 6.45) is 1.99. The maximum atomic E-state index is 11.2. The second kappa shape index (κ2) is 4.57. The number of carbonyl (C=O) groups is 1. The van der Waals surface area contributed by atoms with E-state index in [4.69, 9.17) is 10.8 Å². The topological polar surface area (TPSA) is 85.3 Å². The summed E-state index contributed by atoms with van der Waals surface area (Å²) in [6.45, 7) is 0.931. The predicted octanol–water partition coefficient (Wildman–Crippen LogP) is -0.105. The number of aromatic carboxylic acids is 1. The van der Waals surface area contributed by atoms with Gasteiger partial charge in [0.15, 0.2) is 0 Å². The zero-order valence-corrected chi connectivity index (χ0v) is 7.64. The number of hydrogen-bond donors (Lipinski definition) is 2. The van der Waals surface area contributed by atoms with Crippen molar-refractivity contribution in [1.29, 1.82) is 0 Å². The molecule has 0 aliphatic rings. The van der Waals surface area contributed by atoms with E-state index in [0.717, 1.165) is 0 Å². The van der Waals surface area contributed by atoms with Crippen molar-refractivity contribution in [3.63, 3.8) is 0 Å². The van der Waals surface area contributed by atoms with E-state index >= 15 is 0 Å². The number of rotatable bonds is 4. The highest BCUT2D eigenvalue weighted by molar-refractivity contribution is 5.87. The molecule has 0 radical (unpaired) electrons. The van der Waals surface area contributed by atoms with Crippen molar-refractivity contribution < 1.29 is 9.90 Å². The fourth-order valence-corrected chi connectivity index (χ4v) is 1.09. The Morgan fingerprint density at radius 1 is 1.50 bits per heavy atom. The van der Waals surface area contributed by atoms with E-state index in [9.17, 15) is 9.59 Å². The first kappa shape index (κ1) is 10.5. The molecule has 0 spiro atoms. The van der Waals surface area contributed by atoms with Gasteiger partial charge in [0, 0.05) is 18.8 Å². The van der Waals surface area contributed by atoms with Crippen LogP contribution in [-0.2, 0) is 6.54 Å². The Morgan fingerprint density at radius 2 is 2.21 bits per heavy atom. The Kier molecular flexibility index (Phi) is 3.41. The summed E-state index contributed by atoms with van der Waals surface area (Å²) in [5.74, 6) is -1.04. The molecule has 0 aromatic carbocycles. The zero-order chi connectivity index (χ0) is 10.6. The number of nitrogens with zero attached hydrogens (tertiary/aromatic N) is 1. The van der Waals surface area contributed by atoms with Crippen LogP contribution in [0.5, 0.6) is 0 Å². The Labute approximate surface area is 80.8 Å². The highest BCUT2D eigenvalue weighted by Gasteiger charge is 2.04. The predicted molar refractivity (Wildman–Crippen MR) is 51.3 cm³/mol. The largest absolute Gasteiger partial charge is 0.478 e. The maximum Gasteiger partial charge on any atom is 0.337 e. The van der Waals surface area contributed by atoms with Gasteiger partial charge in [0.25, 0.3) is 5.56 Å². The SMILES string of the molecule is NCCCn1cc(C(=O)O)ccc1=O. The molecule has 1 aromatic heterocycles. The first-order chi connectivity index (χ1) is 6.65. The van der Waals surface area contributed by atoms with Crippen molar-refractivity contribution in [2.45, 2.75) is 13.0 Å². The van der Waals surface area contributed by atoms with E-state index in [0.29, 0.717) is 19.5 Å². The van der Waals surface area contributed by atoms with Crippen LogP contribution in [0.2, 0.25) is 0 Å². The first-order valence-electron chi connectivity index (χ1n) is 4.29. The van der Waals surface area contributed by atoms with Gasteiger partial charge in [0.05, 0.1) is 5.56 Å². The summed E-state index contributed by atoms with van der Waals surface area (Å²) >= 11 is 0. The van der Waals surface area contributed by atoms with Gasteiger partial charge in [0.2, 0.25) is 0 Å². The smallest absolute Gasteiger partial charge is 0.337 e. The molecule has 5 heteroatoms. The van der Waals surface area contributed by atoms with Crippen LogP contribution in [0.3, 0.4) is 0 Å². The van der Waals surface area contributed by atoms with E-state index in [1.807, 2.05) is 0 Å². The first-order valence-corrected chi connectivity index (χ1v) is 4.29. The molecular weight excluding hydrogens is 184 g/mol. The van der Waals surface area contributed by atoms with E-state index in [1.54, 1.807) is 0 Å². The number of pyridine rings is 1. The molecule has 1 heterocycles. The lowest BCUT2D eigenvalue weighted by atomic mass is 10.3. The Hall–Kier alpha value is -1.62. The molecule has 0 saturated heterocycles. The van der Waals surface area contributed by atoms with Crippen LogP contribution in [0.4, 0.5) is 0 Å². The van der Waals surface area contributed by atoms with Crippen LogP contribution in [0.15, 0.2) is 23.1 Å². The van der Waals surface area contributed by atoms with Gasteiger partial charge in [-0.15, -0.1) is 0 Å². The van der Waals surface area contributed by atoms with Crippen molar-refractivity contribution in [3.8, 4) is 0 Å². The quantitative estimate of drug-likeness (QED) is 0.703. The van der Waals surface area contributed by atoms with Gasteiger partial charge in [0.1, 0.15) is 0 Å². The van der Waals surface area contributed by atoms with E-state index in [2.05, 4.69) is 0 Å². The van der Waals surface area contributed by atoms with Crippen molar-refractivity contribution in [3.05, 3.63) is 34.2 Å². The van der Waals surface area contributed by atoms with Crippen LogP contribution in [0.1, 0.15) is 16.8 Å². The minimum Gasteiger partial charge on any atom is -0.478 e. The second-order valence-electron chi connectivity index (χ2n) is 2.90. The molecule has 0 unspecified atom stereocenters. The molecule has 76 valence electrons. The van der Waals surface area contributed by atoms with Crippen molar-refractivity contribution in [1.82, 2.24) is 4.57 Å². The highest BCUT2D eigenvalue weighted by atomic mass is 16.4. The Morgan fingerprint density at radius 3 is 2.79 bits per heavy atom. The van der Waals surface area contributed by atoms with E-state index < -0.39 is 5.97 Å². The molecule has 0 atom stereocenters. The number of nitrogens with two attached hydrogens (primary N) is 1. The van der Waals surface area contributed by atoms with Crippen LogP contribution >= 0.6 is 0 Å². The molecule has 3 N–H and O–H groups in total. The summed E-state index contributed by atoms with van der Waals surface area (Å²) in [5, 5.41) is 8.69. The van der Waals surface area contributed by atoms with Gasteiger partial charge < -0.3 is 15.4 Å². The molecule has 5 nitrogen and oxygen atoms in total. The average molecular weight is 196 g/mol. The van der Waals surface area contributed by atoms with Gasteiger partial charge in [-0.05, 0) is 19.0 Å². The molecular formula is C9H12N2O3. The molecule has 0 bridgehead atoms. The van der Waals surface area contributed by atoms with E-state index in [1.165, 1.54) is 22.9 Å². The normalized spacial score (nSPS) is 10.1. The minimum atomic E-state index is -1.04. The van der Waals surface area contributed by atoms with Crippen LogP contribution < -0.4 is 11.3 Å². The summed E-state index contributed by atoms with van der Waals surface area (Å²) in [6, 6.07) is 2.55. The lowest BCUT2D eigenvalue weighted by molar-refractivity contribution is 0.0696. The lowest BCUT2D eigenvalue weighted by Gasteiger charge is -2.04. The molecule has 14 heavy (non-hydrogen) atoms. The van der Waals surface area contributed by atoms with Crippen molar-refractivity contribution >= 4 is 5.97 Å². The fourth-order valence-electron chi connectivity index (χ4n) is 1.09. The zero-order valence-electron chi connectivity index (χ0n) is 7.64. The summed E-state index contributed by atoms with van der Waals surface area (Å²) < 4.78 is 1.36. The maximum absolute atomic E-state index is 11.2. The fraction of sp³-hybridized carbons (Fsp3) is 0.333. The Balaban J connectivity index is 2.96. The third kappa shape index (κ3) is 2.43. The molecule has 0 aliphatic heterocycles. The molecule has 0 fully saturated rings. The summed E-state index contributed by atoms with van der Waals surface area (Å²) in [5.41, 5.74) is 5.20. The monoisotopic (exact) mass is 196 g/mol. The van der Waals surface area contributed by atoms with Gasteiger partial charge in [-0.25, -0.2) is 4.79 Å². The molecule has 1 aromatic rings. The standard InChI is InChI=1S/C9H12N2O3/c10-4-1-5-11-6-7(9(13)14)2-3-8(11)12/h2-3,6H,1,4-5,10H2,(H,13,14). The summed E-state index contributed by atoms with van der Waals surface area (Å²) in [7, 11) is 0. The number of carboxylic acid groups (broad SMARTS) is 1. The third-order valence-corrected chi connectivity index (χ3v) is 1.83. The molecule has 0 saturated carbocycles. The summed E-state index contributed by atoms with van der Waals surface area (Å²) in [4.78, 5) is 21.8. The lowest BCUT2D eigenvalue weighted by Crippen LogP contribution is -2.21. The van der Waals surface area contributed by atoms with Crippen LogP contribution in [0, 0.1) is 0 Å². The van der Waals surface area contributed by atoms with Crippen LogP contribution in [0.25, 0.3) is 0 Å². The van der Waals surface area contributed by atoms with Crippen molar-refractivity contribution in [2.75, 3.05) is 6.54 Å².